The zero-order valence-corrected chi connectivity index (χ0v) is 12.1. The van der Waals surface area contributed by atoms with Gasteiger partial charge in [-0.1, -0.05) is 0 Å². The molecule has 0 unspecified atom stereocenters. The summed E-state index contributed by atoms with van der Waals surface area (Å²) in [5.41, 5.74) is 0.918. The topological polar surface area (TPSA) is 42.0 Å². The van der Waals surface area contributed by atoms with Gasteiger partial charge in [-0.3, -0.25) is 4.79 Å². The molecular weight excluding hydrogens is 367 g/mol. The van der Waals surface area contributed by atoms with Gasteiger partial charge in [0.15, 0.2) is 0 Å². The van der Waals surface area contributed by atoms with Crippen molar-refractivity contribution in [3.63, 3.8) is 0 Å². The summed E-state index contributed by atoms with van der Waals surface area (Å²) in [6.07, 6.45) is 1.61. The fraction of sp³-hybridized carbons (Fsp3) is 0. The van der Waals surface area contributed by atoms with Gasteiger partial charge >= 0.3 is 0 Å². The molecule has 0 fully saturated rings. The zero-order chi connectivity index (χ0) is 13.1. The summed E-state index contributed by atoms with van der Waals surface area (Å²) >= 11 is 6.27. The van der Waals surface area contributed by atoms with Crippen molar-refractivity contribution >= 4 is 43.5 Å². The Labute approximate surface area is 120 Å². The molecule has 1 aromatic heterocycles. The molecule has 0 bridgehead atoms. The SMILES string of the molecule is O=C(Nc1cccnc1Br)c1ccc(F)c(Br)c1. The van der Waals surface area contributed by atoms with E-state index in [0.717, 1.165) is 0 Å². The van der Waals surface area contributed by atoms with Crippen molar-refractivity contribution in [1.82, 2.24) is 4.98 Å². The van der Waals surface area contributed by atoms with E-state index in [2.05, 4.69) is 42.2 Å². The van der Waals surface area contributed by atoms with Gasteiger partial charge < -0.3 is 5.32 Å². The van der Waals surface area contributed by atoms with Gasteiger partial charge in [0.2, 0.25) is 0 Å². The molecule has 0 radical (unpaired) electrons. The quantitative estimate of drug-likeness (QED) is 0.808. The van der Waals surface area contributed by atoms with Gasteiger partial charge in [-0.15, -0.1) is 0 Å². The highest BCUT2D eigenvalue weighted by Gasteiger charge is 2.10. The first-order valence-electron chi connectivity index (χ1n) is 4.95. The van der Waals surface area contributed by atoms with Crippen LogP contribution in [0.2, 0.25) is 0 Å². The van der Waals surface area contributed by atoms with Crippen LogP contribution in [0.1, 0.15) is 10.4 Å². The van der Waals surface area contributed by atoms with Crippen LogP contribution in [0.4, 0.5) is 10.1 Å². The number of pyridine rings is 1. The lowest BCUT2D eigenvalue weighted by molar-refractivity contribution is 0.102. The molecule has 1 N–H and O–H groups in total. The number of benzene rings is 1. The lowest BCUT2D eigenvalue weighted by atomic mass is 10.2. The summed E-state index contributed by atoms with van der Waals surface area (Å²) in [5, 5.41) is 2.68. The second kappa shape index (κ2) is 5.58. The molecule has 92 valence electrons. The maximum Gasteiger partial charge on any atom is 0.255 e. The molecule has 1 aromatic carbocycles. The highest BCUT2D eigenvalue weighted by Crippen LogP contribution is 2.21. The average molecular weight is 374 g/mol. The van der Waals surface area contributed by atoms with Crippen molar-refractivity contribution in [3.8, 4) is 0 Å². The van der Waals surface area contributed by atoms with E-state index in [0.29, 0.717) is 15.9 Å². The average Bonchev–Trinajstić information content (AvgIpc) is 2.35. The van der Waals surface area contributed by atoms with Crippen molar-refractivity contribution in [2.45, 2.75) is 0 Å². The van der Waals surface area contributed by atoms with Crippen molar-refractivity contribution in [2.24, 2.45) is 0 Å². The highest BCUT2D eigenvalue weighted by molar-refractivity contribution is 9.10. The number of aromatic nitrogens is 1. The molecule has 0 aliphatic carbocycles. The number of nitrogens with zero attached hydrogens (tertiary/aromatic N) is 1. The van der Waals surface area contributed by atoms with Crippen LogP contribution in [0.3, 0.4) is 0 Å². The minimum Gasteiger partial charge on any atom is -0.320 e. The Bertz CT molecular complexity index is 604. The van der Waals surface area contributed by atoms with Gasteiger partial charge in [0.05, 0.1) is 10.2 Å². The van der Waals surface area contributed by atoms with E-state index in [4.69, 9.17) is 0 Å². The molecule has 3 nitrogen and oxygen atoms in total. The molecule has 1 heterocycles. The summed E-state index contributed by atoms with van der Waals surface area (Å²) in [7, 11) is 0. The van der Waals surface area contributed by atoms with Gasteiger partial charge in [0, 0.05) is 11.8 Å². The Kier molecular flexibility index (Phi) is 4.08. The Balaban J connectivity index is 2.22. The molecule has 2 rings (SSSR count). The number of carbonyl (C=O) groups is 1. The third kappa shape index (κ3) is 2.94. The first-order chi connectivity index (χ1) is 8.58. The van der Waals surface area contributed by atoms with Crippen molar-refractivity contribution in [2.75, 3.05) is 5.32 Å². The highest BCUT2D eigenvalue weighted by atomic mass is 79.9. The maximum absolute atomic E-state index is 13.1. The fourth-order valence-electron chi connectivity index (χ4n) is 1.31. The smallest absolute Gasteiger partial charge is 0.255 e. The molecule has 0 aliphatic rings. The second-order valence-electron chi connectivity index (χ2n) is 3.42. The Morgan fingerprint density at radius 3 is 2.72 bits per heavy atom. The van der Waals surface area contributed by atoms with Gasteiger partial charge in [-0.25, -0.2) is 9.37 Å². The van der Waals surface area contributed by atoms with Crippen LogP contribution in [0.25, 0.3) is 0 Å². The number of anilines is 1. The van der Waals surface area contributed by atoms with Gasteiger partial charge in [0.25, 0.3) is 5.91 Å². The van der Waals surface area contributed by atoms with Crippen molar-refractivity contribution < 1.29 is 9.18 Å². The summed E-state index contributed by atoms with van der Waals surface area (Å²) in [4.78, 5) is 15.9. The van der Waals surface area contributed by atoms with E-state index in [1.807, 2.05) is 0 Å². The zero-order valence-electron chi connectivity index (χ0n) is 8.95. The third-order valence-corrected chi connectivity index (χ3v) is 3.43. The predicted molar refractivity (Wildman–Crippen MR) is 74.0 cm³/mol. The number of rotatable bonds is 2. The maximum atomic E-state index is 13.1. The lowest BCUT2D eigenvalue weighted by Gasteiger charge is -2.06. The molecule has 0 aliphatic heterocycles. The first-order valence-corrected chi connectivity index (χ1v) is 6.53. The first kappa shape index (κ1) is 13.2. The minimum absolute atomic E-state index is 0.250. The molecule has 18 heavy (non-hydrogen) atoms. The van der Waals surface area contributed by atoms with E-state index in [9.17, 15) is 9.18 Å². The number of amides is 1. The molecule has 6 heteroatoms. The molecule has 0 saturated carbocycles. The van der Waals surface area contributed by atoms with Crippen LogP contribution < -0.4 is 5.32 Å². The molecule has 0 atom stereocenters. The largest absolute Gasteiger partial charge is 0.320 e. The molecule has 1 amide bonds. The fourth-order valence-corrected chi connectivity index (χ4v) is 2.04. The molecule has 0 saturated heterocycles. The number of carbonyl (C=O) groups excluding carboxylic acids is 1. The minimum atomic E-state index is -0.408. The van der Waals surface area contributed by atoms with Crippen LogP contribution in [-0.2, 0) is 0 Å². The number of halogens is 3. The summed E-state index contributed by atoms with van der Waals surface area (Å²) in [6.45, 7) is 0. The van der Waals surface area contributed by atoms with Gasteiger partial charge in [0.1, 0.15) is 10.4 Å². The van der Waals surface area contributed by atoms with E-state index in [1.165, 1.54) is 18.2 Å². The monoisotopic (exact) mass is 372 g/mol. The summed E-state index contributed by atoms with van der Waals surface area (Å²) < 4.78 is 13.8. The summed E-state index contributed by atoms with van der Waals surface area (Å²) in [5.74, 6) is -0.737. The predicted octanol–water partition coefficient (Wildman–Crippen LogP) is 4.00. The van der Waals surface area contributed by atoms with Gasteiger partial charge in [-0.2, -0.15) is 0 Å². The molecule has 0 spiro atoms. The van der Waals surface area contributed by atoms with Crippen LogP contribution >= 0.6 is 31.9 Å². The van der Waals surface area contributed by atoms with E-state index in [1.54, 1.807) is 18.3 Å². The standard InChI is InChI=1S/C12H7Br2FN2O/c13-8-6-7(3-4-9(8)15)12(18)17-10-2-1-5-16-11(10)14/h1-6H,(H,17,18). The second-order valence-corrected chi connectivity index (χ2v) is 5.03. The van der Waals surface area contributed by atoms with Crippen molar-refractivity contribution in [3.05, 3.63) is 57.0 Å². The van der Waals surface area contributed by atoms with E-state index in [-0.39, 0.29) is 10.4 Å². The van der Waals surface area contributed by atoms with Crippen molar-refractivity contribution in [1.29, 1.82) is 0 Å². The Hall–Kier alpha value is -1.27. The third-order valence-electron chi connectivity index (χ3n) is 2.19. The van der Waals surface area contributed by atoms with Gasteiger partial charge in [-0.05, 0) is 62.2 Å². The van der Waals surface area contributed by atoms with Crippen LogP contribution in [0, 0.1) is 5.82 Å². The van der Waals surface area contributed by atoms with Crippen LogP contribution in [-0.4, -0.2) is 10.9 Å². The Morgan fingerprint density at radius 1 is 1.28 bits per heavy atom. The normalized spacial score (nSPS) is 10.2. The lowest BCUT2D eigenvalue weighted by Crippen LogP contribution is -2.12. The number of hydrogen-bond donors (Lipinski definition) is 1. The molecular formula is C12H7Br2FN2O. The van der Waals surface area contributed by atoms with Crippen LogP contribution in [0.5, 0.6) is 0 Å². The number of nitrogens with one attached hydrogen (secondary N) is 1. The number of hydrogen-bond acceptors (Lipinski definition) is 2. The van der Waals surface area contributed by atoms with E-state index >= 15 is 0 Å². The van der Waals surface area contributed by atoms with Crippen LogP contribution in [0.15, 0.2) is 45.6 Å². The Morgan fingerprint density at radius 2 is 2.06 bits per heavy atom. The summed E-state index contributed by atoms with van der Waals surface area (Å²) in [6, 6.07) is 7.50. The molecule has 2 aromatic rings. The van der Waals surface area contributed by atoms with E-state index < -0.39 is 5.82 Å².